The Morgan fingerprint density at radius 2 is 2.19 bits per heavy atom. The van der Waals surface area contributed by atoms with Crippen LogP contribution in [0.25, 0.3) is 22.3 Å². The molecule has 0 saturated heterocycles. The predicted molar refractivity (Wildman–Crippen MR) is 97.0 cm³/mol. The molecule has 3 aromatic rings. The van der Waals surface area contributed by atoms with Gasteiger partial charge in [-0.3, -0.25) is 4.68 Å². The van der Waals surface area contributed by atoms with Gasteiger partial charge in [0.2, 0.25) is 0 Å². The van der Waals surface area contributed by atoms with E-state index in [1.54, 1.807) is 12.5 Å². The molecule has 1 aliphatic carbocycles. The quantitative estimate of drug-likeness (QED) is 0.663. The van der Waals surface area contributed by atoms with Gasteiger partial charge in [0.1, 0.15) is 12.0 Å². The summed E-state index contributed by atoms with van der Waals surface area (Å²) in [5.41, 5.74) is 1.79. The molecule has 3 heterocycles. The summed E-state index contributed by atoms with van der Waals surface area (Å²) in [6.07, 6.45) is 12.8. The number of fused-ring (bicyclic) bond motifs is 1. The van der Waals surface area contributed by atoms with E-state index in [4.69, 9.17) is 5.26 Å². The molecule has 0 bridgehead atoms. The summed E-state index contributed by atoms with van der Waals surface area (Å²) in [6.45, 7) is 0. The second-order valence-electron chi connectivity index (χ2n) is 7.05. The summed E-state index contributed by atoms with van der Waals surface area (Å²) in [5, 5.41) is 25.5. The fraction of sp³-hybridized carbons (Fsp3) is 0.474. The lowest BCUT2D eigenvalue weighted by molar-refractivity contribution is -0.0145. The normalized spacial score (nSPS) is 17.4. The number of nitriles is 1. The lowest BCUT2D eigenvalue weighted by Crippen LogP contribution is -2.37. The van der Waals surface area contributed by atoms with E-state index in [0.717, 1.165) is 60.8 Å². The Balaban J connectivity index is 1.67. The number of nitrogens with one attached hydrogen (secondary N) is 1. The molecular formula is C19H22N6O. The Morgan fingerprint density at radius 3 is 3.00 bits per heavy atom. The number of aromatic amines is 1. The lowest BCUT2D eigenvalue weighted by Gasteiger charge is -2.32. The number of aromatic nitrogens is 5. The fourth-order valence-corrected chi connectivity index (χ4v) is 4.08. The molecule has 0 amide bonds. The molecule has 1 saturated carbocycles. The number of rotatable bonds is 6. The topological polar surface area (TPSA) is 103 Å². The van der Waals surface area contributed by atoms with Gasteiger partial charge in [0.15, 0.2) is 0 Å². The van der Waals surface area contributed by atoms with E-state index in [1.165, 1.54) is 0 Å². The number of hydrogen-bond donors (Lipinski definition) is 2. The van der Waals surface area contributed by atoms with Crippen LogP contribution in [0.3, 0.4) is 0 Å². The molecule has 2 N–H and O–H groups in total. The van der Waals surface area contributed by atoms with Gasteiger partial charge < -0.3 is 10.1 Å². The van der Waals surface area contributed by atoms with E-state index in [-0.39, 0.29) is 6.04 Å². The summed E-state index contributed by atoms with van der Waals surface area (Å²) in [6, 6.07) is 4.03. The number of aliphatic hydroxyl groups is 1. The van der Waals surface area contributed by atoms with Gasteiger partial charge in [0.05, 0.1) is 29.6 Å². The van der Waals surface area contributed by atoms with Gasteiger partial charge in [0, 0.05) is 29.8 Å². The number of unbranched alkanes of at least 4 members (excludes halogenated alkanes) is 1. The molecule has 0 spiro atoms. The van der Waals surface area contributed by atoms with Gasteiger partial charge in [-0.1, -0.05) is 12.8 Å². The zero-order valence-electron chi connectivity index (χ0n) is 14.6. The molecule has 0 aromatic carbocycles. The van der Waals surface area contributed by atoms with Gasteiger partial charge in [-0.15, -0.1) is 0 Å². The fourth-order valence-electron chi connectivity index (χ4n) is 4.08. The maximum Gasteiger partial charge on any atom is 0.141 e. The van der Waals surface area contributed by atoms with Gasteiger partial charge in [0.25, 0.3) is 0 Å². The molecule has 7 nitrogen and oxygen atoms in total. The first-order valence-electron chi connectivity index (χ1n) is 9.13. The van der Waals surface area contributed by atoms with Crippen molar-refractivity contribution in [2.24, 2.45) is 0 Å². The van der Waals surface area contributed by atoms with Crippen molar-refractivity contribution in [1.29, 1.82) is 5.26 Å². The van der Waals surface area contributed by atoms with Crippen LogP contribution in [0, 0.1) is 11.3 Å². The second kappa shape index (κ2) is 6.89. The van der Waals surface area contributed by atoms with Crippen LogP contribution in [0.4, 0.5) is 0 Å². The van der Waals surface area contributed by atoms with Gasteiger partial charge in [-0.25, -0.2) is 9.97 Å². The molecule has 134 valence electrons. The Hall–Kier alpha value is -2.72. The van der Waals surface area contributed by atoms with Gasteiger partial charge in [-0.2, -0.15) is 10.4 Å². The largest absolute Gasteiger partial charge is 0.388 e. The molecular weight excluding hydrogens is 328 g/mol. The minimum absolute atomic E-state index is 0.115. The van der Waals surface area contributed by atoms with Crippen LogP contribution in [-0.4, -0.2) is 35.4 Å². The molecule has 1 unspecified atom stereocenters. The molecule has 7 heteroatoms. The standard InChI is InChI=1S/C19H22N6O/c20-9-4-1-5-16(19(26)7-2-3-8-19)25-12-14(11-24-25)17-15-6-10-21-18(15)23-13-22-17/h6,10-13,16,26H,1-5,7-8H2,(H,21,22,23). The molecule has 1 atom stereocenters. The highest BCUT2D eigenvalue weighted by Gasteiger charge is 2.40. The molecule has 1 aliphatic rings. The van der Waals surface area contributed by atoms with Crippen LogP contribution in [0.15, 0.2) is 31.0 Å². The third-order valence-electron chi connectivity index (χ3n) is 5.40. The predicted octanol–water partition coefficient (Wildman–Crippen LogP) is 3.36. The lowest BCUT2D eigenvalue weighted by atomic mass is 9.88. The summed E-state index contributed by atoms with van der Waals surface area (Å²) in [7, 11) is 0. The van der Waals surface area contributed by atoms with Crippen molar-refractivity contribution in [2.45, 2.75) is 56.6 Å². The van der Waals surface area contributed by atoms with Crippen molar-refractivity contribution in [3.63, 3.8) is 0 Å². The Labute approximate surface area is 151 Å². The molecule has 0 radical (unpaired) electrons. The maximum atomic E-state index is 11.1. The minimum Gasteiger partial charge on any atom is -0.388 e. The average Bonchev–Trinajstić information content (AvgIpc) is 3.39. The third kappa shape index (κ3) is 2.97. The van der Waals surface area contributed by atoms with Crippen molar-refractivity contribution < 1.29 is 5.11 Å². The van der Waals surface area contributed by atoms with E-state index in [1.807, 2.05) is 23.1 Å². The van der Waals surface area contributed by atoms with E-state index in [0.29, 0.717) is 6.42 Å². The van der Waals surface area contributed by atoms with Gasteiger partial charge in [-0.05, 0) is 31.7 Å². The van der Waals surface area contributed by atoms with Crippen molar-refractivity contribution in [3.8, 4) is 17.3 Å². The molecule has 26 heavy (non-hydrogen) atoms. The molecule has 1 fully saturated rings. The van der Waals surface area contributed by atoms with Crippen molar-refractivity contribution >= 4 is 11.0 Å². The summed E-state index contributed by atoms with van der Waals surface area (Å²) < 4.78 is 1.87. The van der Waals surface area contributed by atoms with Crippen molar-refractivity contribution in [2.75, 3.05) is 0 Å². The Morgan fingerprint density at radius 1 is 1.35 bits per heavy atom. The smallest absolute Gasteiger partial charge is 0.141 e. The zero-order chi connectivity index (χ0) is 18.0. The first kappa shape index (κ1) is 16.7. The minimum atomic E-state index is -0.742. The zero-order valence-corrected chi connectivity index (χ0v) is 14.6. The van der Waals surface area contributed by atoms with Crippen molar-refractivity contribution in [1.82, 2.24) is 24.7 Å². The molecule has 4 rings (SSSR count). The number of nitrogens with zero attached hydrogens (tertiary/aromatic N) is 5. The highest BCUT2D eigenvalue weighted by molar-refractivity contribution is 5.89. The van der Waals surface area contributed by atoms with Crippen LogP contribution in [0.5, 0.6) is 0 Å². The molecule has 0 aliphatic heterocycles. The van der Waals surface area contributed by atoms with Crippen LogP contribution in [0.1, 0.15) is 51.0 Å². The summed E-state index contributed by atoms with van der Waals surface area (Å²) >= 11 is 0. The Kier molecular flexibility index (Phi) is 4.43. The van der Waals surface area contributed by atoms with E-state index in [9.17, 15) is 5.11 Å². The maximum absolute atomic E-state index is 11.1. The number of H-pyrrole nitrogens is 1. The Bertz CT molecular complexity index is 931. The van der Waals surface area contributed by atoms with E-state index >= 15 is 0 Å². The number of hydrogen-bond acceptors (Lipinski definition) is 5. The first-order valence-corrected chi connectivity index (χ1v) is 9.13. The van der Waals surface area contributed by atoms with Crippen LogP contribution in [-0.2, 0) is 0 Å². The SMILES string of the molecule is N#CCCCC(n1cc(-c2ncnc3[nH]ccc23)cn1)C1(O)CCCC1. The monoisotopic (exact) mass is 350 g/mol. The summed E-state index contributed by atoms with van der Waals surface area (Å²) in [5.74, 6) is 0. The first-order chi connectivity index (χ1) is 12.7. The van der Waals surface area contributed by atoms with Crippen molar-refractivity contribution in [3.05, 3.63) is 31.0 Å². The average molecular weight is 350 g/mol. The van der Waals surface area contributed by atoms with E-state index < -0.39 is 5.60 Å². The molecule has 3 aromatic heterocycles. The van der Waals surface area contributed by atoms with Crippen LogP contribution < -0.4 is 0 Å². The van der Waals surface area contributed by atoms with Gasteiger partial charge >= 0.3 is 0 Å². The van der Waals surface area contributed by atoms with Crippen LogP contribution >= 0.6 is 0 Å². The highest BCUT2D eigenvalue weighted by atomic mass is 16.3. The third-order valence-corrected chi connectivity index (χ3v) is 5.40. The summed E-state index contributed by atoms with van der Waals surface area (Å²) in [4.78, 5) is 11.7. The van der Waals surface area contributed by atoms with E-state index in [2.05, 4.69) is 26.1 Å². The second-order valence-corrected chi connectivity index (χ2v) is 7.05. The van der Waals surface area contributed by atoms with Crippen LogP contribution in [0.2, 0.25) is 0 Å². The highest BCUT2D eigenvalue weighted by Crippen LogP contribution is 2.41.